The van der Waals surface area contributed by atoms with Gasteiger partial charge in [-0.25, -0.2) is 4.39 Å². The molecule has 3 nitrogen and oxygen atoms in total. The highest BCUT2D eigenvalue weighted by atomic mass is 19.1. The molecule has 1 amide bonds. The van der Waals surface area contributed by atoms with E-state index in [1.807, 2.05) is 0 Å². The smallest absolute Gasteiger partial charge is 0.239 e. The van der Waals surface area contributed by atoms with E-state index in [0.717, 1.165) is 30.4 Å². The van der Waals surface area contributed by atoms with Gasteiger partial charge in [0, 0.05) is 5.56 Å². The average molecular weight is 327 g/mol. The summed E-state index contributed by atoms with van der Waals surface area (Å²) in [5.41, 5.74) is 1.89. The van der Waals surface area contributed by atoms with Gasteiger partial charge in [-0.15, -0.1) is 0 Å². The van der Waals surface area contributed by atoms with Crippen LogP contribution >= 0.6 is 0 Å². The molecule has 0 aromatic heterocycles. The van der Waals surface area contributed by atoms with Crippen LogP contribution in [0, 0.1) is 12.7 Å². The number of anilines is 1. The first-order chi connectivity index (χ1) is 11.5. The fourth-order valence-electron chi connectivity index (χ4n) is 3.61. The summed E-state index contributed by atoms with van der Waals surface area (Å²) in [5, 5.41) is 12.5. The minimum atomic E-state index is -0.823. The number of rotatable bonds is 5. The van der Waals surface area contributed by atoms with E-state index in [2.05, 4.69) is 12.2 Å². The zero-order valence-electron chi connectivity index (χ0n) is 14.0. The van der Waals surface area contributed by atoms with Crippen molar-refractivity contribution >= 4 is 11.6 Å². The molecule has 2 aromatic rings. The highest BCUT2D eigenvalue weighted by Crippen LogP contribution is 2.48. The van der Waals surface area contributed by atoms with Gasteiger partial charge < -0.3 is 10.4 Å². The molecule has 0 aliphatic carbocycles. The van der Waals surface area contributed by atoms with Gasteiger partial charge in [0.1, 0.15) is 17.0 Å². The van der Waals surface area contributed by atoms with Gasteiger partial charge in [0.2, 0.25) is 5.91 Å². The molecule has 0 saturated carbocycles. The van der Waals surface area contributed by atoms with Gasteiger partial charge in [0.15, 0.2) is 0 Å². The van der Waals surface area contributed by atoms with E-state index < -0.39 is 5.41 Å². The molecule has 0 fully saturated rings. The molecule has 1 aliphatic heterocycles. The van der Waals surface area contributed by atoms with E-state index in [1.165, 1.54) is 6.07 Å². The van der Waals surface area contributed by atoms with Crippen molar-refractivity contribution in [1.82, 2.24) is 0 Å². The molecular formula is C20H22FNO2. The molecule has 1 aliphatic rings. The van der Waals surface area contributed by atoms with Gasteiger partial charge >= 0.3 is 0 Å². The van der Waals surface area contributed by atoms with Gasteiger partial charge in [-0.1, -0.05) is 44.4 Å². The van der Waals surface area contributed by atoms with Crippen molar-refractivity contribution in [3.05, 3.63) is 58.9 Å². The molecule has 2 N–H and O–H groups in total. The first-order valence-electron chi connectivity index (χ1n) is 8.41. The van der Waals surface area contributed by atoms with Crippen LogP contribution in [0.5, 0.6) is 5.75 Å². The summed E-state index contributed by atoms with van der Waals surface area (Å²) in [6.45, 7) is 3.81. The number of hydrogen-bond acceptors (Lipinski definition) is 2. The predicted octanol–water partition coefficient (Wildman–Crippen LogP) is 4.66. The third-order valence-electron chi connectivity index (χ3n) is 5.00. The fraction of sp³-hybridized carbons (Fsp3) is 0.350. The average Bonchev–Trinajstić information content (AvgIpc) is 2.86. The third kappa shape index (κ3) is 2.46. The van der Waals surface area contributed by atoms with E-state index in [4.69, 9.17) is 0 Å². The summed E-state index contributed by atoms with van der Waals surface area (Å²) in [5.74, 6) is -0.270. The van der Waals surface area contributed by atoms with Crippen molar-refractivity contribution in [2.45, 2.75) is 44.9 Å². The quantitative estimate of drug-likeness (QED) is 0.785. The second-order valence-electron chi connectivity index (χ2n) is 6.46. The van der Waals surface area contributed by atoms with Gasteiger partial charge in [-0.05, 0) is 42.7 Å². The zero-order chi connectivity index (χ0) is 17.3. The molecular weight excluding hydrogens is 305 g/mol. The molecule has 0 radical (unpaired) electrons. The van der Waals surface area contributed by atoms with Crippen molar-refractivity contribution in [2.75, 3.05) is 5.32 Å². The number of hydrogen-bond donors (Lipinski definition) is 2. The summed E-state index contributed by atoms with van der Waals surface area (Å²) in [6.07, 6.45) is 3.65. The van der Waals surface area contributed by atoms with Gasteiger partial charge in [0.05, 0.1) is 5.69 Å². The molecule has 1 unspecified atom stereocenters. The highest BCUT2D eigenvalue weighted by Gasteiger charge is 2.48. The monoisotopic (exact) mass is 327 g/mol. The predicted molar refractivity (Wildman–Crippen MR) is 92.8 cm³/mol. The molecule has 0 spiro atoms. The van der Waals surface area contributed by atoms with E-state index in [1.54, 1.807) is 37.3 Å². The van der Waals surface area contributed by atoms with E-state index in [9.17, 15) is 14.3 Å². The number of halogens is 1. The first-order valence-corrected chi connectivity index (χ1v) is 8.41. The van der Waals surface area contributed by atoms with Crippen molar-refractivity contribution < 1.29 is 14.3 Å². The Morgan fingerprint density at radius 2 is 1.83 bits per heavy atom. The number of nitrogens with one attached hydrogen (secondary N) is 1. The maximum Gasteiger partial charge on any atom is 0.239 e. The maximum atomic E-state index is 13.9. The van der Waals surface area contributed by atoms with Crippen LogP contribution < -0.4 is 5.32 Å². The van der Waals surface area contributed by atoms with Crippen LogP contribution in [0.1, 0.15) is 49.3 Å². The minimum Gasteiger partial charge on any atom is -0.508 e. The van der Waals surface area contributed by atoms with Crippen LogP contribution in [0.2, 0.25) is 0 Å². The van der Waals surface area contributed by atoms with E-state index >= 15 is 0 Å². The topological polar surface area (TPSA) is 49.3 Å². The summed E-state index contributed by atoms with van der Waals surface area (Å²) in [4.78, 5) is 13.0. The van der Waals surface area contributed by atoms with Crippen LogP contribution in [-0.4, -0.2) is 11.0 Å². The molecule has 2 aromatic carbocycles. The Morgan fingerprint density at radius 3 is 2.50 bits per heavy atom. The molecule has 24 heavy (non-hydrogen) atoms. The number of benzene rings is 2. The lowest BCUT2D eigenvalue weighted by molar-refractivity contribution is -0.119. The second kappa shape index (κ2) is 6.27. The van der Waals surface area contributed by atoms with E-state index in [-0.39, 0.29) is 17.5 Å². The molecule has 1 heterocycles. The number of carbonyl (C=O) groups is 1. The first kappa shape index (κ1) is 16.5. The van der Waals surface area contributed by atoms with Crippen LogP contribution in [-0.2, 0) is 10.2 Å². The Labute approximate surface area is 141 Å². The summed E-state index contributed by atoms with van der Waals surface area (Å²) in [6, 6.07) is 9.91. The second-order valence-corrected chi connectivity index (χ2v) is 6.46. The number of fused-ring (bicyclic) bond motifs is 1. The lowest BCUT2D eigenvalue weighted by Gasteiger charge is -2.28. The van der Waals surface area contributed by atoms with Gasteiger partial charge in [-0.3, -0.25) is 4.79 Å². The molecule has 3 rings (SSSR count). The van der Waals surface area contributed by atoms with Gasteiger partial charge in [-0.2, -0.15) is 0 Å². The zero-order valence-corrected chi connectivity index (χ0v) is 14.0. The Morgan fingerprint density at radius 1 is 1.12 bits per heavy atom. The Bertz CT molecular complexity index is 770. The van der Waals surface area contributed by atoms with Crippen LogP contribution in [0.3, 0.4) is 0 Å². The van der Waals surface area contributed by atoms with Crippen LogP contribution in [0.25, 0.3) is 0 Å². The van der Waals surface area contributed by atoms with Crippen LogP contribution in [0.4, 0.5) is 10.1 Å². The molecule has 4 heteroatoms. The summed E-state index contributed by atoms with van der Waals surface area (Å²) < 4.78 is 13.9. The number of phenols is 1. The normalized spacial score (nSPS) is 19.2. The molecule has 0 bridgehead atoms. The van der Waals surface area contributed by atoms with E-state index in [0.29, 0.717) is 17.7 Å². The number of aromatic hydroxyl groups is 1. The number of unbranched alkanes of at least 4 members (excludes halogenated alkanes) is 2. The Hall–Kier alpha value is -2.36. The summed E-state index contributed by atoms with van der Waals surface area (Å²) in [7, 11) is 0. The van der Waals surface area contributed by atoms with Gasteiger partial charge in [0.25, 0.3) is 0 Å². The fourth-order valence-corrected chi connectivity index (χ4v) is 3.61. The number of amides is 1. The van der Waals surface area contributed by atoms with Crippen molar-refractivity contribution in [1.29, 1.82) is 0 Å². The SMILES string of the molecule is CCCCCC1(c2ccc(O)cc2)C(=O)Nc2c1ccc(F)c2C. The Kier molecular flexibility index (Phi) is 4.31. The van der Waals surface area contributed by atoms with Crippen LogP contribution in [0.15, 0.2) is 36.4 Å². The van der Waals surface area contributed by atoms with Crippen molar-refractivity contribution in [3.8, 4) is 5.75 Å². The maximum absolute atomic E-state index is 13.9. The van der Waals surface area contributed by atoms with Crippen molar-refractivity contribution in [3.63, 3.8) is 0 Å². The largest absolute Gasteiger partial charge is 0.508 e. The lowest BCUT2D eigenvalue weighted by Crippen LogP contribution is -2.35. The van der Waals surface area contributed by atoms with Crippen molar-refractivity contribution in [2.24, 2.45) is 0 Å². The minimum absolute atomic E-state index is 0.118. The Balaban J connectivity index is 2.18. The molecule has 0 saturated heterocycles. The number of carbonyl (C=O) groups excluding carboxylic acids is 1. The standard InChI is InChI=1S/C20H22FNO2/c1-3-4-5-12-20(14-6-8-15(23)9-7-14)16-10-11-17(21)13(2)18(16)22-19(20)24/h6-11,23H,3-5,12H2,1-2H3,(H,22,24). The third-order valence-corrected chi connectivity index (χ3v) is 5.00. The summed E-state index contributed by atoms with van der Waals surface area (Å²) >= 11 is 0. The lowest BCUT2D eigenvalue weighted by atomic mass is 9.71. The molecule has 1 atom stereocenters. The highest BCUT2D eigenvalue weighted by molar-refractivity contribution is 6.09. The molecule has 126 valence electrons. The number of phenolic OH excluding ortho intramolecular Hbond substituents is 1.